The Labute approximate surface area is 228 Å². The quantitative estimate of drug-likeness (QED) is 0.343. The largest absolute Gasteiger partial charge is 0.466 e. The Balaban J connectivity index is 1.76. The molecular weight excluding hydrogens is 504 g/mol. The molecule has 0 unspecified atom stereocenters. The van der Waals surface area contributed by atoms with Gasteiger partial charge in [0.05, 0.1) is 41.8 Å². The van der Waals surface area contributed by atoms with E-state index in [0.717, 1.165) is 18.4 Å². The van der Waals surface area contributed by atoms with Crippen LogP contribution in [0.2, 0.25) is 5.02 Å². The van der Waals surface area contributed by atoms with E-state index >= 15 is 0 Å². The van der Waals surface area contributed by atoms with Crippen LogP contribution in [0.1, 0.15) is 32.3 Å². The highest BCUT2D eigenvalue weighted by molar-refractivity contribution is 6.33. The number of benzene rings is 2. The molecule has 202 valence electrons. The van der Waals surface area contributed by atoms with Crippen molar-refractivity contribution in [3.63, 3.8) is 0 Å². The first-order valence-electron chi connectivity index (χ1n) is 13.3. The van der Waals surface area contributed by atoms with Crippen molar-refractivity contribution in [2.45, 2.75) is 45.2 Å². The fraction of sp³-hybridized carbons (Fsp3) is 0.433. The summed E-state index contributed by atoms with van der Waals surface area (Å²) in [6.45, 7) is 3.65. The first kappa shape index (κ1) is 27.9. The van der Waals surface area contributed by atoms with E-state index in [1.165, 1.54) is 4.90 Å². The number of hydrogen-bond donors (Lipinski definition) is 2. The van der Waals surface area contributed by atoms with Crippen LogP contribution >= 0.6 is 11.6 Å². The SMILES string of the molecule is CCC[C@@H]1C=C[C@H]2[C@H](C(=O)N([C@@H](CO)Cc3ccccc3)[C@@H]2C(=O)Nc2ccccc2Cl)[C@@H]1C(=O)OCC. The summed E-state index contributed by atoms with van der Waals surface area (Å²) in [5, 5.41) is 13.7. The Hall–Kier alpha value is -3.16. The monoisotopic (exact) mass is 538 g/mol. The van der Waals surface area contributed by atoms with Crippen molar-refractivity contribution in [2.75, 3.05) is 18.5 Å². The number of hydrogen-bond acceptors (Lipinski definition) is 5. The molecule has 2 aromatic carbocycles. The van der Waals surface area contributed by atoms with Crippen molar-refractivity contribution in [3.05, 3.63) is 77.3 Å². The van der Waals surface area contributed by atoms with E-state index < -0.39 is 41.7 Å². The highest BCUT2D eigenvalue weighted by Gasteiger charge is 2.58. The second-order valence-corrected chi connectivity index (χ2v) is 10.3. The summed E-state index contributed by atoms with van der Waals surface area (Å²) in [4.78, 5) is 42.8. The van der Waals surface area contributed by atoms with Gasteiger partial charge in [0, 0.05) is 5.92 Å². The van der Waals surface area contributed by atoms with Crippen LogP contribution in [0.4, 0.5) is 5.69 Å². The molecule has 6 atom stereocenters. The number of rotatable bonds is 10. The molecule has 8 heteroatoms. The predicted octanol–water partition coefficient (Wildman–Crippen LogP) is 4.49. The number of amides is 2. The summed E-state index contributed by atoms with van der Waals surface area (Å²) in [6.07, 6.45) is 5.80. The maximum atomic E-state index is 14.2. The molecule has 7 nitrogen and oxygen atoms in total. The van der Waals surface area contributed by atoms with E-state index in [9.17, 15) is 19.5 Å². The second kappa shape index (κ2) is 12.6. The van der Waals surface area contributed by atoms with Gasteiger partial charge in [-0.05, 0) is 43.4 Å². The van der Waals surface area contributed by atoms with Crippen molar-refractivity contribution in [1.82, 2.24) is 4.90 Å². The van der Waals surface area contributed by atoms with Gasteiger partial charge in [0.1, 0.15) is 6.04 Å². The minimum atomic E-state index is -0.930. The standard InChI is InChI=1S/C30H35ClN2O5/c1-3-10-20-15-16-22-26(25(20)30(37)38-4-2)29(36)33(21(18-34)17-19-11-6-5-7-12-19)27(22)28(35)32-24-14-9-8-13-23(24)31/h5-9,11-16,20-22,25-27,34H,3-4,10,17-18H2,1-2H3,(H,32,35)/t20-,21-,22+,25-,26+,27+/m1/s1. The molecule has 2 aliphatic rings. The molecule has 0 spiro atoms. The predicted molar refractivity (Wildman–Crippen MR) is 146 cm³/mol. The maximum Gasteiger partial charge on any atom is 0.310 e. The number of carbonyl (C=O) groups is 3. The van der Waals surface area contributed by atoms with Crippen LogP contribution < -0.4 is 5.32 Å². The number of allylic oxidation sites excluding steroid dienone is 1. The van der Waals surface area contributed by atoms with Crippen LogP contribution in [-0.2, 0) is 25.5 Å². The number of anilines is 1. The maximum absolute atomic E-state index is 14.2. The molecule has 1 aliphatic carbocycles. The van der Waals surface area contributed by atoms with Crippen LogP contribution in [0.25, 0.3) is 0 Å². The normalized spacial score (nSPS) is 25.1. The molecule has 2 aromatic rings. The summed E-state index contributed by atoms with van der Waals surface area (Å²) in [6, 6.07) is 14.9. The Kier molecular flexibility index (Phi) is 9.23. The second-order valence-electron chi connectivity index (χ2n) is 9.90. The number of ether oxygens (including phenoxy) is 1. The van der Waals surface area contributed by atoms with Gasteiger partial charge >= 0.3 is 5.97 Å². The van der Waals surface area contributed by atoms with Gasteiger partial charge in [-0.3, -0.25) is 14.4 Å². The Morgan fingerprint density at radius 1 is 1.08 bits per heavy atom. The molecule has 38 heavy (non-hydrogen) atoms. The number of fused-ring (bicyclic) bond motifs is 1. The summed E-state index contributed by atoms with van der Waals surface area (Å²) in [5.74, 6) is -3.33. The topological polar surface area (TPSA) is 95.9 Å². The molecular formula is C30H35ClN2O5. The number of likely N-dealkylation sites (tertiary alicyclic amines) is 1. The number of aliphatic hydroxyl groups excluding tert-OH is 1. The minimum Gasteiger partial charge on any atom is -0.466 e. The molecule has 1 saturated heterocycles. The van der Waals surface area contributed by atoms with Crippen LogP contribution in [0.3, 0.4) is 0 Å². The molecule has 2 N–H and O–H groups in total. The average molecular weight is 539 g/mol. The van der Waals surface area contributed by atoms with E-state index in [0.29, 0.717) is 17.1 Å². The Bertz CT molecular complexity index is 1170. The van der Waals surface area contributed by atoms with Crippen LogP contribution in [0.5, 0.6) is 0 Å². The van der Waals surface area contributed by atoms with Gasteiger partial charge in [-0.1, -0.05) is 79.6 Å². The lowest BCUT2D eigenvalue weighted by atomic mass is 9.69. The first-order valence-corrected chi connectivity index (χ1v) is 13.7. The smallest absolute Gasteiger partial charge is 0.310 e. The van der Waals surface area contributed by atoms with Crippen LogP contribution in [0.15, 0.2) is 66.7 Å². The van der Waals surface area contributed by atoms with E-state index in [1.807, 2.05) is 49.4 Å². The zero-order valence-electron chi connectivity index (χ0n) is 21.8. The van der Waals surface area contributed by atoms with Gasteiger partial charge in [0.25, 0.3) is 0 Å². The molecule has 1 aliphatic heterocycles. The molecule has 0 aromatic heterocycles. The van der Waals surface area contributed by atoms with Gasteiger partial charge in [-0.15, -0.1) is 0 Å². The molecule has 1 fully saturated rings. The van der Waals surface area contributed by atoms with Crippen LogP contribution in [0, 0.1) is 23.7 Å². The lowest BCUT2D eigenvalue weighted by molar-refractivity contribution is -0.156. The third kappa shape index (κ3) is 5.64. The fourth-order valence-corrected chi connectivity index (χ4v) is 6.10. The lowest BCUT2D eigenvalue weighted by Crippen LogP contribution is -2.51. The van der Waals surface area contributed by atoms with Crippen molar-refractivity contribution in [2.24, 2.45) is 23.7 Å². The van der Waals surface area contributed by atoms with Crippen molar-refractivity contribution in [1.29, 1.82) is 0 Å². The Morgan fingerprint density at radius 2 is 1.79 bits per heavy atom. The van der Waals surface area contributed by atoms with E-state index in [2.05, 4.69) is 5.32 Å². The third-order valence-electron chi connectivity index (χ3n) is 7.55. The third-order valence-corrected chi connectivity index (χ3v) is 7.88. The highest BCUT2D eigenvalue weighted by atomic mass is 35.5. The average Bonchev–Trinajstić information content (AvgIpc) is 3.21. The van der Waals surface area contributed by atoms with Gasteiger partial charge in [0.2, 0.25) is 11.8 Å². The van der Waals surface area contributed by atoms with Gasteiger partial charge < -0.3 is 20.1 Å². The van der Waals surface area contributed by atoms with E-state index in [4.69, 9.17) is 16.3 Å². The summed E-state index contributed by atoms with van der Waals surface area (Å²) in [7, 11) is 0. The lowest BCUT2D eigenvalue weighted by Gasteiger charge is -2.34. The fourth-order valence-electron chi connectivity index (χ4n) is 5.91. The van der Waals surface area contributed by atoms with Crippen molar-refractivity contribution in [3.8, 4) is 0 Å². The number of para-hydroxylation sites is 1. The summed E-state index contributed by atoms with van der Waals surface area (Å²) < 4.78 is 5.43. The molecule has 0 bridgehead atoms. The summed E-state index contributed by atoms with van der Waals surface area (Å²) in [5.41, 5.74) is 1.37. The highest BCUT2D eigenvalue weighted by Crippen LogP contribution is 2.46. The molecule has 2 amide bonds. The Morgan fingerprint density at radius 3 is 2.45 bits per heavy atom. The van der Waals surface area contributed by atoms with Gasteiger partial charge in [0.15, 0.2) is 0 Å². The van der Waals surface area contributed by atoms with Crippen molar-refractivity contribution < 1.29 is 24.2 Å². The zero-order valence-corrected chi connectivity index (χ0v) is 22.5. The van der Waals surface area contributed by atoms with Gasteiger partial charge in [-0.2, -0.15) is 0 Å². The van der Waals surface area contributed by atoms with Gasteiger partial charge in [-0.25, -0.2) is 0 Å². The number of esters is 1. The van der Waals surface area contributed by atoms with E-state index in [-0.39, 0.29) is 25.0 Å². The molecule has 1 heterocycles. The number of aliphatic hydroxyl groups is 1. The molecule has 4 rings (SSSR count). The first-order chi connectivity index (χ1) is 18.4. The number of nitrogens with one attached hydrogen (secondary N) is 1. The summed E-state index contributed by atoms with van der Waals surface area (Å²) >= 11 is 6.32. The zero-order chi connectivity index (χ0) is 27.2. The van der Waals surface area contributed by atoms with Crippen molar-refractivity contribution >= 4 is 35.1 Å². The van der Waals surface area contributed by atoms with E-state index in [1.54, 1.807) is 31.2 Å². The number of nitrogens with zero attached hydrogens (tertiary/aromatic N) is 1. The number of halogens is 1. The number of carbonyl (C=O) groups excluding carboxylic acids is 3. The minimum absolute atomic E-state index is 0.168. The molecule has 0 saturated carbocycles. The molecule has 0 radical (unpaired) electrons. The van der Waals surface area contributed by atoms with Crippen LogP contribution in [-0.4, -0.2) is 53.1 Å².